The van der Waals surface area contributed by atoms with Crippen LogP contribution in [0.4, 0.5) is 5.69 Å². The highest BCUT2D eigenvalue weighted by Gasteiger charge is 2.19. The van der Waals surface area contributed by atoms with Gasteiger partial charge in [0.1, 0.15) is 5.75 Å². The maximum atomic E-state index is 13.0. The third-order valence-electron chi connectivity index (χ3n) is 4.91. The number of benzene rings is 2. The molecule has 1 aromatic heterocycles. The van der Waals surface area contributed by atoms with Crippen LogP contribution in [0, 0.1) is 13.8 Å². The van der Waals surface area contributed by atoms with E-state index in [-0.39, 0.29) is 5.91 Å². The van der Waals surface area contributed by atoms with Crippen LogP contribution in [0.5, 0.6) is 23.0 Å². The normalized spacial score (nSPS) is 10.5. The summed E-state index contributed by atoms with van der Waals surface area (Å²) >= 11 is 0. The first-order valence-corrected chi connectivity index (χ1v) is 9.38. The van der Waals surface area contributed by atoms with Crippen molar-refractivity contribution in [1.82, 2.24) is 4.57 Å². The van der Waals surface area contributed by atoms with Gasteiger partial charge in [-0.1, -0.05) is 6.07 Å². The quantitative estimate of drug-likeness (QED) is 0.626. The summed E-state index contributed by atoms with van der Waals surface area (Å²) in [6, 6.07) is 13.0. The number of nitrogens with zero attached hydrogens (tertiary/aromatic N) is 1. The van der Waals surface area contributed by atoms with Crippen LogP contribution in [0.1, 0.15) is 21.7 Å². The van der Waals surface area contributed by atoms with Gasteiger partial charge in [-0.05, 0) is 32.0 Å². The number of carbonyl (C=O) groups excluding carboxylic acids is 1. The molecule has 3 rings (SSSR count). The van der Waals surface area contributed by atoms with Gasteiger partial charge in [-0.2, -0.15) is 0 Å². The Hall–Kier alpha value is -3.61. The zero-order chi connectivity index (χ0) is 21.8. The Balaban J connectivity index is 1.95. The topological polar surface area (TPSA) is 71.0 Å². The fourth-order valence-corrected chi connectivity index (χ4v) is 3.49. The van der Waals surface area contributed by atoms with E-state index in [4.69, 9.17) is 18.9 Å². The minimum absolute atomic E-state index is 0.230. The van der Waals surface area contributed by atoms with Crippen LogP contribution in [0.2, 0.25) is 0 Å². The number of amides is 1. The Bertz CT molecular complexity index is 1050. The highest BCUT2D eigenvalue weighted by molar-refractivity contribution is 6.05. The molecule has 0 bridgehead atoms. The summed E-state index contributed by atoms with van der Waals surface area (Å²) < 4.78 is 23.4. The van der Waals surface area contributed by atoms with Crippen LogP contribution in [0.15, 0.2) is 42.5 Å². The Morgan fingerprint density at radius 2 is 1.53 bits per heavy atom. The van der Waals surface area contributed by atoms with Crippen molar-refractivity contribution < 1.29 is 23.7 Å². The lowest BCUT2D eigenvalue weighted by molar-refractivity contribution is 0.102. The summed E-state index contributed by atoms with van der Waals surface area (Å²) in [6.07, 6.45) is 0. The van der Waals surface area contributed by atoms with Gasteiger partial charge < -0.3 is 28.8 Å². The number of methoxy groups -OCH3 is 4. The Morgan fingerprint density at radius 3 is 2.10 bits per heavy atom. The highest BCUT2D eigenvalue weighted by atomic mass is 16.5. The van der Waals surface area contributed by atoms with E-state index in [0.717, 1.165) is 22.8 Å². The van der Waals surface area contributed by atoms with Crippen LogP contribution >= 0.6 is 0 Å². The molecule has 0 saturated carbocycles. The van der Waals surface area contributed by atoms with Crippen LogP contribution in [-0.4, -0.2) is 38.9 Å². The zero-order valence-corrected chi connectivity index (χ0v) is 18.0. The van der Waals surface area contributed by atoms with Gasteiger partial charge in [0.05, 0.1) is 34.0 Å². The minimum atomic E-state index is -0.230. The number of ether oxygens (including phenoxy) is 4. The smallest absolute Gasteiger partial charge is 0.257 e. The molecule has 0 atom stereocenters. The first kappa shape index (κ1) is 21.1. The number of aromatic nitrogens is 1. The van der Waals surface area contributed by atoms with Gasteiger partial charge in [0.15, 0.2) is 11.5 Å². The predicted molar refractivity (Wildman–Crippen MR) is 116 cm³/mol. The van der Waals surface area contributed by atoms with Gasteiger partial charge in [0.2, 0.25) is 5.75 Å². The molecular formula is C23H26N2O5. The minimum Gasteiger partial charge on any atom is -0.497 e. The van der Waals surface area contributed by atoms with E-state index in [9.17, 15) is 4.79 Å². The van der Waals surface area contributed by atoms with Crippen molar-refractivity contribution in [1.29, 1.82) is 0 Å². The van der Waals surface area contributed by atoms with Crippen LogP contribution in [0.25, 0.3) is 5.69 Å². The second-order valence-electron chi connectivity index (χ2n) is 6.69. The summed E-state index contributed by atoms with van der Waals surface area (Å²) in [5.74, 6) is 1.92. The van der Waals surface area contributed by atoms with Crippen molar-refractivity contribution in [2.24, 2.45) is 0 Å². The van der Waals surface area contributed by atoms with E-state index < -0.39 is 0 Å². The molecule has 0 fully saturated rings. The standard InChI is InChI=1S/C23H26N2O5/c1-14-10-19(15(2)25(14)17-8-7-9-18(13-17)27-3)23(26)24-16-11-20(28-4)22(30-6)21(12-16)29-5/h7-13H,1-6H3,(H,24,26). The van der Waals surface area contributed by atoms with E-state index in [0.29, 0.717) is 28.5 Å². The van der Waals surface area contributed by atoms with Crippen molar-refractivity contribution in [3.05, 3.63) is 59.4 Å². The molecule has 30 heavy (non-hydrogen) atoms. The van der Waals surface area contributed by atoms with Crippen molar-refractivity contribution >= 4 is 11.6 Å². The highest BCUT2D eigenvalue weighted by Crippen LogP contribution is 2.40. The lowest BCUT2D eigenvalue weighted by atomic mass is 10.2. The van der Waals surface area contributed by atoms with Crippen LogP contribution < -0.4 is 24.3 Å². The summed E-state index contributed by atoms with van der Waals surface area (Å²) in [7, 11) is 6.23. The third kappa shape index (κ3) is 3.91. The Kier molecular flexibility index (Phi) is 6.20. The monoisotopic (exact) mass is 410 g/mol. The van der Waals surface area contributed by atoms with Crippen molar-refractivity contribution in [3.8, 4) is 28.7 Å². The van der Waals surface area contributed by atoms with Crippen molar-refractivity contribution in [2.75, 3.05) is 33.8 Å². The first-order chi connectivity index (χ1) is 14.4. The molecule has 0 unspecified atom stereocenters. The second-order valence-corrected chi connectivity index (χ2v) is 6.69. The van der Waals surface area contributed by atoms with Crippen LogP contribution in [-0.2, 0) is 0 Å². The average molecular weight is 410 g/mol. The molecule has 0 aliphatic heterocycles. The maximum absolute atomic E-state index is 13.0. The van der Waals surface area contributed by atoms with Gasteiger partial charge in [-0.25, -0.2) is 0 Å². The largest absolute Gasteiger partial charge is 0.497 e. The molecule has 1 amide bonds. The van der Waals surface area contributed by atoms with Gasteiger partial charge in [-0.3, -0.25) is 4.79 Å². The molecular weight excluding hydrogens is 384 g/mol. The molecule has 3 aromatic rings. The molecule has 7 nitrogen and oxygen atoms in total. The Morgan fingerprint density at radius 1 is 0.867 bits per heavy atom. The molecule has 0 saturated heterocycles. The molecule has 158 valence electrons. The lowest BCUT2D eigenvalue weighted by Crippen LogP contribution is -2.13. The number of hydrogen-bond donors (Lipinski definition) is 1. The molecule has 0 aliphatic carbocycles. The third-order valence-corrected chi connectivity index (χ3v) is 4.91. The SMILES string of the molecule is COc1cccc(-n2c(C)cc(C(=O)Nc3cc(OC)c(OC)c(OC)c3)c2C)c1. The fraction of sp³-hybridized carbons (Fsp3) is 0.261. The lowest BCUT2D eigenvalue weighted by Gasteiger charge is -2.15. The van der Waals surface area contributed by atoms with E-state index in [2.05, 4.69) is 5.32 Å². The van der Waals surface area contributed by atoms with E-state index in [1.807, 2.05) is 48.7 Å². The molecule has 7 heteroatoms. The molecule has 1 N–H and O–H groups in total. The van der Waals surface area contributed by atoms with Crippen molar-refractivity contribution in [2.45, 2.75) is 13.8 Å². The average Bonchev–Trinajstić information content (AvgIpc) is 3.06. The van der Waals surface area contributed by atoms with Gasteiger partial charge in [-0.15, -0.1) is 0 Å². The Labute approximate surface area is 176 Å². The van der Waals surface area contributed by atoms with E-state index >= 15 is 0 Å². The molecule has 0 spiro atoms. The zero-order valence-electron chi connectivity index (χ0n) is 18.0. The fourth-order valence-electron chi connectivity index (χ4n) is 3.49. The maximum Gasteiger partial charge on any atom is 0.257 e. The van der Waals surface area contributed by atoms with Crippen LogP contribution in [0.3, 0.4) is 0 Å². The van der Waals surface area contributed by atoms with Crippen molar-refractivity contribution in [3.63, 3.8) is 0 Å². The first-order valence-electron chi connectivity index (χ1n) is 9.38. The van der Waals surface area contributed by atoms with Gasteiger partial charge >= 0.3 is 0 Å². The predicted octanol–water partition coefficient (Wildman–Crippen LogP) is 4.38. The van der Waals surface area contributed by atoms with Gasteiger partial charge in [0, 0.05) is 41.0 Å². The molecule has 2 aromatic carbocycles. The number of nitrogens with one attached hydrogen (secondary N) is 1. The number of aryl methyl sites for hydroxylation is 1. The molecule has 0 radical (unpaired) electrons. The summed E-state index contributed by atoms with van der Waals surface area (Å²) in [5, 5.41) is 2.92. The van der Waals surface area contributed by atoms with Gasteiger partial charge in [0.25, 0.3) is 5.91 Å². The molecule has 0 aliphatic rings. The number of rotatable bonds is 7. The van der Waals surface area contributed by atoms with E-state index in [1.54, 1.807) is 19.2 Å². The summed E-state index contributed by atoms with van der Waals surface area (Å²) in [4.78, 5) is 13.0. The molecule has 1 heterocycles. The summed E-state index contributed by atoms with van der Waals surface area (Å²) in [6.45, 7) is 3.87. The number of anilines is 1. The number of hydrogen-bond acceptors (Lipinski definition) is 5. The second kappa shape index (κ2) is 8.82. The van der Waals surface area contributed by atoms with E-state index in [1.165, 1.54) is 21.3 Å². The number of carbonyl (C=O) groups is 1. The summed E-state index contributed by atoms with van der Waals surface area (Å²) in [5.41, 5.74) is 3.81.